The minimum Gasteiger partial charge on any atom is -0.393 e. The zero-order valence-electron chi connectivity index (χ0n) is 6.37. The van der Waals surface area contributed by atoms with E-state index in [9.17, 15) is 9.59 Å². The fourth-order valence-electron chi connectivity index (χ4n) is 0.939. The van der Waals surface area contributed by atoms with Gasteiger partial charge in [0.2, 0.25) is 0 Å². The molecule has 0 aromatic rings. The van der Waals surface area contributed by atoms with Crippen LogP contribution in [0.2, 0.25) is 0 Å². The van der Waals surface area contributed by atoms with E-state index >= 15 is 0 Å². The summed E-state index contributed by atoms with van der Waals surface area (Å²) in [6.07, 6.45) is 4.67. The highest BCUT2D eigenvalue weighted by Crippen LogP contribution is 2.16. The second kappa shape index (κ2) is 3.32. The first-order valence-electron chi connectivity index (χ1n) is 3.65. The second-order valence-corrected chi connectivity index (χ2v) is 2.44. The topological polar surface area (TPSA) is 43.4 Å². The molecule has 1 saturated heterocycles. The first-order chi connectivity index (χ1) is 5.24. The van der Waals surface area contributed by atoms with Crippen LogP contribution in [0.4, 0.5) is 0 Å². The van der Waals surface area contributed by atoms with Gasteiger partial charge in [0.1, 0.15) is 0 Å². The third kappa shape index (κ3) is 1.90. The molecule has 0 aromatic heterocycles. The molecule has 1 atom stereocenters. The molecule has 1 aliphatic heterocycles. The van der Waals surface area contributed by atoms with Crippen molar-refractivity contribution in [3.8, 4) is 0 Å². The number of hydrogen-bond donors (Lipinski definition) is 0. The Balaban J connectivity index is 2.53. The van der Waals surface area contributed by atoms with Gasteiger partial charge >= 0.3 is 11.9 Å². The van der Waals surface area contributed by atoms with Crippen molar-refractivity contribution in [1.29, 1.82) is 0 Å². The lowest BCUT2D eigenvalue weighted by Crippen LogP contribution is -2.03. The molecule has 1 aliphatic rings. The number of esters is 2. The van der Waals surface area contributed by atoms with Gasteiger partial charge in [0.05, 0.1) is 12.3 Å². The monoisotopic (exact) mass is 154 g/mol. The summed E-state index contributed by atoms with van der Waals surface area (Å²) in [6, 6.07) is 0. The van der Waals surface area contributed by atoms with Gasteiger partial charge in [-0.2, -0.15) is 0 Å². The predicted octanol–water partition coefficient (Wildman–Crippen LogP) is 1.04. The summed E-state index contributed by atoms with van der Waals surface area (Å²) in [6.45, 7) is 1.97. The van der Waals surface area contributed by atoms with Gasteiger partial charge < -0.3 is 4.74 Å². The fourth-order valence-corrected chi connectivity index (χ4v) is 0.939. The molecule has 0 N–H and O–H groups in total. The molecule has 0 radical (unpaired) electrons. The van der Waals surface area contributed by atoms with E-state index in [1.54, 1.807) is 6.08 Å². The fraction of sp³-hybridized carbons (Fsp3) is 0.500. The number of allylic oxidation sites excluding steroid dienone is 1. The SMILES string of the molecule is CC/C=C\C1CC(=O)OC1=O. The molecule has 0 bridgehead atoms. The summed E-state index contributed by atoms with van der Waals surface area (Å²) in [7, 11) is 0. The number of ether oxygens (including phenoxy) is 1. The number of cyclic esters (lactones) is 2. The van der Waals surface area contributed by atoms with Crippen LogP contribution in [0.1, 0.15) is 19.8 Å². The third-order valence-corrected chi connectivity index (χ3v) is 1.51. The Morgan fingerprint density at radius 1 is 1.64 bits per heavy atom. The van der Waals surface area contributed by atoms with Gasteiger partial charge in [-0.25, -0.2) is 0 Å². The average Bonchev–Trinajstić information content (AvgIpc) is 2.26. The Labute approximate surface area is 65.0 Å². The minimum absolute atomic E-state index is 0.204. The minimum atomic E-state index is -0.417. The lowest BCUT2D eigenvalue weighted by Gasteiger charge is -1.92. The summed E-state index contributed by atoms with van der Waals surface area (Å²) in [5, 5.41) is 0. The molecule has 0 spiro atoms. The molecule has 1 fully saturated rings. The van der Waals surface area contributed by atoms with Crippen molar-refractivity contribution in [3.63, 3.8) is 0 Å². The van der Waals surface area contributed by atoms with Gasteiger partial charge in [-0.1, -0.05) is 19.1 Å². The highest BCUT2D eigenvalue weighted by Gasteiger charge is 2.30. The van der Waals surface area contributed by atoms with E-state index < -0.39 is 11.9 Å². The van der Waals surface area contributed by atoms with E-state index in [1.807, 2.05) is 13.0 Å². The standard InChI is InChI=1S/C8H10O3/c1-2-3-4-6-5-7(9)11-8(6)10/h3-4,6H,2,5H2,1H3/b4-3-. The maximum atomic E-state index is 10.8. The molecule has 0 aromatic carbocycles. The Morgan fingerprint density at radius 2 is 2.36 bits per heavy atom. The summed E-state index contributed by atoms with van der Waals surface area (Å²) in [5.41, 5.74) is 0. The Hall–Kier alpha value is -1.12. The molecule has 1 unspecified atom stereocenters. The Bertz CT molecular complexity index is 205. The zero-order valence-corrected chi connectivity index (χ0v) is 6.37. The van der Waals surface area contributed by atoms with Crippen LogP contribution in [0.3, 0.4) is 0 Å². The zero-order chi connectivity index (χ0) is 8.27. The van der Waals surface area contributed by atoms with Crippen LogP contribution in [0, 0.1) is 5.92 Å². The van der Waals surface area contributed by atoms with E-state index in [0.29, 0.717) is 0 Å². The number of hydrogen-bond acceptors (Lipinski definition) is 3. The van der Waals surface area contributed by atoms with Crippen LogP contribution in [-0.2, 0) is 14.3 Å². The van der Waals surface area contributed by atoms with Crippen LogP contribution in [-0.4, -0.2) is 11.9 Å². The maximum Gasteiger partial charge on any atom is 0.321 e. The van der Waals surface area contributed by atoms with Crippen molar-refractivity contribution in [3.05, 3.63) is 12.2 Å². The molecular weight excluding hydrogens is 144 g/mol. The van der Waals surface area contributed by atoms with Crippen LogP contribution in [0.15, 0.2) is 12.2 Å². The Kier molecular flexibility index (Phi) is 2.41. The van der Waals surface area contributed by atoms with Crippen LogP contribution in [0.25, 0.3) is 0 Å². The van der Waals surface area contributed by atoms with E-state index in [1.165, 1.54) is 0 Å². The van der Waals surface area contributed by atoms with Gasteiger partial charge in [0.15, 0.2) is 0 Å². The van der Waals surface area contributed by atoms with Gasteiger partial charge in [-0.15, -0.1) is 0 Å². The highest BCUT2D eigenvalue weighted by molar-refractivity contribution is 5.95. The van der Waals surface area contributed by atoms with Crippen molar-refractivity contribution >= 4 is 11.9 Å². The van der Waals surface area contributed by atoms with Crippen molar-refractivity contribution in [1.82, 2.24) is 0 Å². The summed E-state index contributed by atoms with van der Waals surface area (Å²) in [5.74, 6) is -1.16. The smallest absolute Gasteiger partial charge is 0.321 e. The van der Waals surface area contributed by atoms with E-state index in [0.717, 1.165) is 6.42 Å². The van der Waals surface area contributed by atoms with E-state index in [4.69, 9.17) is 0 Å². The first kappa shape index (κ1) is 7.98. The van der Waals surface area contributed by atoms with Crippen LogP contribution >= 0.6 is 0 Å². The van der Waals surface area contributed by atoms with Gasteiger partial charge in [0.25, 0.3) is 0 Å². The quantitative estimate of drug-likeness (QED) is 0.339. The van der Waals surface area contributed by atoms with Crippen molar-refractivity contribution in [2.45, 2.75) is 19.8 Å². The number of carbonyl (C=O) groups is 2. The molecule has 0 amide bonds. The Morgan fingerprint density at radius 3 is 2.82 bits per heavy atom. The number of carbonyl (C=O) groups excluding carboxylic acids is 2. The molecule has 3 nitrogen and oxygen atoms in total. The summed E-state index contributed by atoms with van der Waals surface area (Å²) < 4.78 is 4.34. The summed E-state index contributed by atoms with van der Waals surface area (Å²) >= 11 is 0. The van der Waals surface area contributed by atoms with Gasteiger partial charge in [-0.05, 0) is 6.42 Å². The molecule has 60 valence electrons. The van der Waals surface area contributed by atoms with E-state index in [-0.39, 0.29) is 12.3 Å². The van der Waals surface area contributed by atoms with Crippen LogP contribution in [0.5, 0.6) is 0 Å². The number of rotatable bonds is 2. The second-order valence-electron chi connectivity index (χ2n) is 2.44. The third-order valence-electron chi connectivity index (χ3n) is 1.51. The molecule has 0 aliphatic carbocycles. The normalized spacial score (nSPS) is 24.6. The van der Waals surface area contributed by atoms with Crippen molar-refractivity contribution < 1.29 is 14.3 Å². The van der Waals surface area contributed by atoms with Gasteiger partial charge in [-0.3, -0.25) is 9.59 Å². The molecule has 1 heterocycles. The van der Waals surface area contributed by atoms with Crippen molar-refractivity contribution in [2.24, 2.45) is 5.92 Å². The predicted molar refractivity (Wildman–Crippen MR) is 38.6 cm³/mol. The van der Waals surface area contributed by atoms with Crippen molar-refractivity contribution in [2.75, 3.05) is 0 Å². The summed E-state index contributed by atoms with van der Waals surface area (Å²) in [4.78, 5) is 21.3. The maximum absolute atomic E-state index is 10.8. The lowest BCUT2D eigenvalue weighted by atomic mass is 10.1. The molecule has 11 heavy (non-hydrogen) atoms. The van der Waals surface area contributed by atoms with Crippen LogP contribution < -0.4 is 0 Å². The largest absolute Gasteiger partial charge is 0.393 e. The average molecular weight is 154 g/mol. The lowest BCUT2D eigenvalue weighted by molar-refractivity contribution is -0.152. The molecular formula is C8H10O3. The highest BCUT2D eigenvalue weighted by atomic mass is 16.6. The first-order valence-corrected chi connectivity index (χ1v) is 3.65. The van der Waals surface area contributed by atoms with Gasteiger partial charge in [0, 0.05) is 0 Å². The van der Waals surface area contributed by atoms with E-state index in [2.05, 4.69) is 4.74 Å². The molecule has 3 heteroatoms. The molecule has 1 rings (SSSR count). The molecule has 0 saturated carbocycles.